The maximum Gasteiger partial charge on any atom is 0.164 e. The lowest BCUT2D eigenvalue weighted by Crippen LogP contribution is -2.00. The Kier molecular flexibility index (Phi) is 9.78. The topological polar surface area (TPSA) is 69.9 Å². The highest BCUT2D eigenvalue weighted by Gasteiger charge is 2.24. The van der Waals surface area contributed by atoms with E-state index < -0.39 is 0 Å². The monoisotopic (exact) mass is 958 g/mol. The lowest BCUT2D eigenvalue weighted by Gasteiger charge is -2.17. The fourth-order valence-corrected chi connectivity index (χ4v) is 11.1. The van der Waals surface area contributed by atoms with Gasteiger partial charge in [-0.15, -0.1) is 0 Å². The molecule has 0 spiro atoms. The lowest BCUT2D eigenvalue weighted by atomic mass is 9.95. The molecule has 0 aliphatic heterocycles. The Morgan fingerprint density at radius 3 is 1.49 bits per heavy atom. The predicted octanol–water partition coefficient (Wildman–Crippen LogP) is 18.4. The van der Waals surface area contributed by atoms with Gasteiger partial charge in [-0.3, -0.25) is 0 Å². The molecule has 0 N–H and O–H groups in total. The first kappa shape index (κ1) is 42.5. The van der Waals surface area contributed by atoms with Crippen LogP contribution < -0.4 is 0 Å². The molecule has 0 aliphatic carbocycles. The van der Waals surface area contributed by atoms with Gasteiger partial charge in [0.2, 0.25) is 0 Å². The van der Waals surface area contributed by atoms with E-state index >= 15 is 0 Å². The zero-order valence-electron chi connectivity index (χ0n) is 40.4. The lowest BCUT2D eigenvalue weighted by molar-refractivity contribution is 0.668. The fourth-order valence-electron chi connectivity index (χ4n) is 11.1. The van der Waals surface area contributed by atoms with Gasteiger partial charge in [0, 0.05) is 49.2 Å². The van der Waals surface area contributed by atoms with E-state index in [-0.39, 0.29) is 0 Å². The number of benzene rings is 11. The minimum atomic E-state index is 0.572. The van der Waals surface area contributed by atoms with E-state index in [4.69, 9.17) is 23.8 Å². The van der Waals surface area contributed by atoms with Crippen molar-refractivity contribution in [3.63, 3.8) is 0 Å². The third kappa shape index (κ3) is 7.14. The molecular formula is C69H42N4O2. The van der Waals surface area contributed by atoms with Gasteiger partial charge in [-0.25, -0.2) is 15.0 Å². The van der Waals surface area contributed by atoms with Gasteiger partial charge in [0.25, 0.3) is 0 Å². The SMILES string of the molecule is c1ccc(-c2ccc(-c3nc(-c4ccccc4)nc(-c4cccc5oc6ccc(-c7cccc(-c8ccc9oc%10ccccc%10c9c8-n8c9ccccc9c9cc(-c%10ccccc%10)ccc98)c7)cc6c45)n3)cc2)cc1. The summed E-state index contributed by atoms with van der Waals surface area (Å²) in [7, 11) is 0. The van der Waals surface area contributed by atoms with Crippen molar-refractivity contribution >= 4 is 65.7 Å². The summed E-state index contributed by atoms with van der Waals surface area (Å²) in [6.07, 6.45) is 0. The Bertz CT molecular complexity index is 4690. The van der Waals surface area contributed by atoms with Crippen LogP contribution >= 0.6 is 0 Å². The Morgan fingerprint density at radius 1 is 0.253 bits per heavy atom. The summed E-state index contributed by atoms with van der Waals surface area (Å²) >= 11 is 0. The first-order valence-electron chi connectivity index (χ1n) is 25.2. The highest BCUT2D eigenvalue weighted by Crippen LogP contribution is 2.45. The molecule has 11 aromatic carbocycles. The summed E-state index contributed by atoms with van der Waals surface area (Å²) in [5.41, 5.74) is 18.2. The molecule has 350 valence electrons. The highest BCUT2D eigenvalue weighted by molar-refractivity contribution is 6.17. The van der Waals surface area contributed by atoms with Gasteiger partial charge in [0.15, 0.2) is 17.5 Å². The van der Waals surface area contributed by atoms with Crippen LogP contribution in [0.2, 0.25) is 0 Å². The van der Waals surface area contributed by atoms with Gasteiger partial charge in [-0.05, 0) is 99.6 Å². The van der Waals surface area contributed by atoms with Crippen LogP contribution in [0.3, 0.4) is 0 Å². The van der Waals surface area contributed by atoms with Crippen LogP contribution in [-0.2, 0) is 0 Å². The smallest absolute Gasteiger partial charge is 0.164 e. The van der Waals surface area contributed by atoms with E-state index in [0.717, 1.165) is 111 Å². The predicted molar refractivity (Wildman–Crippen MR) is 307 cm³/mol. The normalized spacial score (nSPS) is 11.7. The average molecular weight is 959 g/mol. The number of nitrogens with zero attached hydrogens (tertiary/aromatic N) is 4. The number of hydrogen-bond donors (Lipinski definition) is 0. The zero-order chi connectivity index (χ0) is 49.4. The van der Waals surface area contributed by atoms with Crippen molar-refractivity contribution in [2.45, 2.75) is 0 Å². The van der Waals surface area contributed by atoms with Crippen molar-refractivity contribution in [1.82, 2.24) is 19.5 Å². The maximum atomic E-state index is 6.63. The standard InChI is InChI=1S/C69H42N4O2/c1-4-16-43(17-5-1)45-30-32-47(33-31-45)68-70-67(46-20-8-3-9-21-46)71-69(72-68)55-26-15-29-62-64(55)57-42-50(35-38-61(57)75-62)48-22-14-23-51(40-48)52-36-39-63-65(54-25-11-13-28-60(54)74-63)66(52)73-58-27-12-10-24-53(58)56-41-49(34-37-59(56)73)44-18-6-2-7-19-44/h1-42H. The van der Waals surface area contributed by atoms with Crippen LogP contribution in [0, 0.1) is 0 Å². The van der Waals surface area contributed by atoms with Crippen molar-refractivity contribution < 1.29 is 8.83 Å². The van der Waals surface area contributed by atoms with Crippen molar-refractivity contribution in [1.29, 1.82) is 0 Å². The molecule has 0 aliphatic rings. The molecule has 4 aromatic heterocycles. The Labute approximate surface area is 431 Å². The summed E-state index contributed by atoms with van der Waals surface area (Å²) in [5, 5.41) is 6.45. The van der Waals surface area contributed by atoms with Crippen LogP contribution in [0.5, 0.6) is 0 Å². The van der Waals surface area contributed by atoms with Gasteiger partial charge in [-0.2, -0.15) is 0 Å². The zero-order valence-corrected chi connectivity index (χ0v) is 40.4. The second kappa shape index (κ2) is 17.3. The van der Waals surface area contributed by atoms with Gasteiger partial charge in [-0.1, -0.05) is 194 Å². The molecule has 15 rings (SSSR count). The molecule has 0 bridgehead atoms. The van der Waals surface area contributed by atoms with Crippen molar-refractivity contribution in [2.24, 2.45) is 0 Å². The van der Waals surface area contributed by atoms with Gasteiger partial charge < -0.3 is 13.4 Å². The Hall–Kier alpha value is -10.2. The summed E-state index contributed by atoms with van der Waals surface area (Å²) in [5.74, 6) is 1.77. The van der Waals surface area contributed by atoms with Crippen LogP contribution in [0.4, 0.5) is 0 Å². The van der Waals surface area contributed by atoms with Crippen LogP contribution in [0.25, 0.3) is 150 Å². The molecule has 0 saturated heterocycles. The molecule has 75 heavy (non-hydrogen) atoms. The second-order valence-electron chi connectivity index (χ2n) is 19.1. The summed E-state index contributed by atoms with van der Waals surface area (Å²) in [6.45, 7) is 0. The molecule has 0 radical (unpaired) electrons. The Balaban J connectivity index is 0.890. The van der Waals surface area contributed by atoms with E-state index in [1.54, 1.807) is 0 Å². The first-order valence-corrected chi connectivity index (χ1v) is 25.2. The molecule has 15 aromatic rings. The molecule has 6 nitrogen and oxygen atoms in total. The van der Waals surface area contributed by atoms with E-state index in [2.05, 4.69) is 205 Å². The summed E-state index contributed by atoms with van der Waals surface area (Å²) < 4.78 is 15.7. The molecule has 0 amide bonds. The van der Waals surface area contributed by atoms with Gasteiger partial charge >= 0.3 is 0 Å². The maximum absolute atomic E-state index is 6.63. The van der Waals surface area contributed by atoms with Crippen molar-refractivity contribution in [2.75, 3.05) is 0 Å². The van der Waals surface area contributed by atoms with Gasteiger partial charge in [0.05, 0.1) is 22.1 Å². The van der Waals surface area contributed by atoms with Gasteiger partial charge in [0.1, 0.15) is 22.3 Å². The largest absolute Gasteiger partial charge is 0.456 e. The average Bonchev–Trinajstić information content (AvgIpc) is 4.17. The molecule has 0 fully saturated rings. The number of hydrogen-bond acceptors (Lipinski definition) is 5. The molecule has 6 heteroatoms. The molecule has 0 saturated carbocycles. The number of rotatable bonds is 8. The summed E-state index contributed by atoms with van der Waals surface area (Å²) in [4.78, 5) is 15.5. The Morgan fingerprint density at radius 2 is 0.720 bits per heavy atom. The minimum absolute atomic E-state index is 0.572. The van der Waals surface area contributed by atoms with E-state index in [9.17, 15) is 0 Å². The molecular weight excluding hydrogens is 917 g/mol. The first-order chi connectivity index (χ1) is 37.2. The number of aromatic nitrogens is 4. The third-order valence-electron chi connectivity index (χ3n) is 14.7. The fraction of sp³-hybridized carbons (Fsp3) is 0. The van der Waals surface area contributed by atoms with E-state index in [1.807, 2.05) is 54.6 Å². The van der Waals surface area contributed by atoms with Crippen LogP contribution in [0.15, 0.2) is 264 Å². The van der Waals surface area contributed by atoms with E-state index in [0.29, 0.717) is 17.5 Å². The number of fused-ring (bicyclic) bond motifs is 9. The molecule has 0 atom stereocenters. The number of para-hydroxylation sites is 2. The van der Waals surface area contributed by atoms with E-state index in [1.165, 1.54) is 21.9 Å². The van der Waals surface area contributed by atoms with Crippen molar-refractivity contribution in [3.8, 4) is 84.4 Å². The third-order valence-corrected chi connectivity index (χ3v) is 14.7. The number of furan rings is 2. The van der Waals surface area contributed by atoms with Crippen LogP contribution in [-0.4, -0.2) is 19.5 Å². The quantitative estimate of drug-likeness (QED) is 0.152. The van der Waals surface area contributed by atoms with Crippen molar-refractivity contribution in [3.05, 3.63) is 255 Å². The second-order valence-corrected chi connectivity index (χ2v) is 19.1. The minimum Gasteiger partial charge on any atom is -0.456 e. The molecule has 0 unspecified atom stereocenters. The van der Waals surface area contributed by atoms with Crippen LogP contribution in [0.1, 0.15) is 0 Å². The highest BCUT2D eigenvalue weighted by atomic mass is 16.3. The molecule has 4 heterocycles. The summed E-state index contributed by atoms with van der Waals surface area (Å²) in [6, 6.07) is 89.4.